The SMILES string of the molecule is COC(=O)/C=C/[C@@H]1OC(C)(C)N(C(=O)OC(C)(C)C)[C@H]1c1ccccc1. The van der Waals surface area contributed by atoms with Crippen LogP contribution in [0.5, 0.6) is 0 Å². The Bertz CT molecular complexity index is 675. The Kier molecular flexibility index (Phi) is 5.76. The van der Waals surface area contributed by atoms with Crippen molar-refractivity contribution in [3.05, 3.63) is 48.0 Å². The molecule has 1 amide bonds. The molecule has 0 unspecified atom stereocenters. The van der Waals surface area contributed by atoms with Gasteiger partial charge in [-0.05, 0) is 46.3 Å². The van der Waals surface area contributed by atoms with Crippen LogP contribution in [0.3, 0.4) is 0 Å². The van der Waals surface area contributed by atoms with Crippen LogP contribution in [0.2, 0.25) is 0 Å². The van der Waals surface area contributed by atoms with Crippen molar-refractivity contribution < 1.29 is 23.8 Å². The molecule has 0 bridgehead atoms. The van der Waals surface area contributed by atoms with Crippen molar-refractivity contribution in [1.82, 2.24) is 4.90 Å². The second-order valence-electron chi connectivity index (χ2n) is 7.62. The average Bonchev–Trinajstić information content (AvgIpc) is 2.82. The number of carbonyl (C=O) groups excluding carboxylic acids is 2. The van der Waals surface area contributed by atoms with E-state index in [9.17, 15) is 9.59 Å². The fourth-order valence-corrected chi connectivity index (χ4v) is 2.96. The first-order chi connectivity index (χ1) is 12.0. The van der Waals surface area contributed by atoms with Gasteiger partial charge >= 0.3 is 12.1 Å². The summed E-state index contributed by atoms with van der Waals surface area (Å²) in [5.74, 6) is -0.478. The maximum absolute atomic E-state index is 12.9. The molecular weight excluding hydrogens is 334 g/mol. The molecule has 1 heterocycles. The van der Waals surface area contributed by atoms with Gasteiger partial charge in [0.1, 0.15) is 17.4 Å². The molecular formula is C20H27NO5. The average molecular weight is 361 g/mol. The highest BCUT2D eigenvalue weighted by atomic mass is 16.6. The molecule has 6 heteroatoms. The first-order valence-corrected chi connectivity index (χ1v) is 8.56. The Morgan fingerprint density at radius 2 is 1.81 bits per heavy atom. The van der Waals surface area contributed by atoms with Gasteiger partial charge in [0.2, 0.25) is 0 Å². The van der Waals surface area contributed by atoms with Gasteiger partial charge in [0.05, 0.1) is 13.2 Å². The van der Waals surface area contributed by atoms with Crippen LogP contribution >= 0.6 is 0 Å². The molecule has 1 aromatic rings. The fraction of sp³-hybridized carbons (Fsp3) is 0.500. The van der Waals surface area contributed by atoms with Crippen LogP contribution in [0.15, 0.2) is 42.5 Å². The summed E-state index contributed by atoms with van der Waals surface area (Å²) in [6.07, 6.45) is 1.95. The van der Waals surface area contributed by atoms with E-state index in [0.29, 0.717) is 0 Å². The molecule has 2 rings (SSSR count). The fourth-order valence-electron chi connectivity index (χ4n) is 2.96. The van der Waals surface area contributed by atoms with E-state index in [1.807, 2.05) is 51.1 Å². The van der Waals surface area contributed by atoms with E-state index < -0.39 is 35.5 Å². The van der Waals surface area contributed by atoms with Crippen molar-refractivity contribution in [3.8, 4) is 0 Å². The van der Waals surface area contributed by atoms with Crippen LogP contribution in [0.4, 0.5) is 4.79 Å². The lowest BCUT2D eigenvalue weighted by Gasteiger charge is -2.35. The van der Waals surface area contributed by atoms with Crippen molar-refractivity contribution in [2.45, 2.75) is 58.1 Å². The van der Waals surface area contributed by atoms with Crippen LogP contribution in [0.25, 0.3) is 0 Å². The Balaban J connectivity index is 2.44. The predicted octanol–water partition coefficient (Wildman–Crippen LogP) is 3.83. The minimum atomic E-state index is -0.909. The van der Waals surface area contributed by atoms with Crippen LogP contribution in [0.1, 0.15) is 46.2 Å². The number of benzene rings is 1. The lowest BCUT2D eigenvalue weighted by Crippen LogP contribution is -2.47. The summed E-state index contributed by atoms with van der Waals surface area (Å²) < 4.78 is 16.3. The molecule has 142 valence electrons. The van der Waals surface area contributed by atoms with Gasteiger partial charge in [-0.15, -0.1) is 0 Å². The van der Waals surface area contributed by atoms with E-state index in [4.69, 9.17) is 9.47 Å². The third-order valence-electron chi connectivity index (χ3n) is 3.95. The van der Waals surface area contributed by atoms with Crippen molar-refractivity contribution in [2.24, 2.45) is 0 Å². The lowest BCUT2D eigenvalue weighted by molar-refractivity contribution is -0.135. The number of carbonyl (C=O) groups is 2. The molecule has 0 aromatic heterocycles. The molecule has 0 saturated carbocycles. The molecule has 1 aliphatic heterocycles. The Hall–Kier alpha value is -2.34. The third kappa shape index (κ3) is 4.64. The van der Waals surface area contributed by atoms with Crippen molar-refractivity contribution in [2.75, 3.05) is 7.11 Å². The number of hydrogen-bond acceptors (Lipinski definition) is 5. The molecule has 0 spiro atoms. The largest absolute Gasteiger partial charge is 0.466 e. The molecule has 0 N–H and O–H groups in total. The first-order valence-electron chi connectivity index (χ1n) is 8.56. The zero-order chi connectivity index (χ0) is 19.5. The number of nitrogens with zero attached hydrogens (tertiary/aromatic N) is 1. The Morgan fingerprint density at radius 1 is 1.19 bits per heavy atom. The number of rotatable bonds is 3. The van der Waals surface area contributed by atoms with E-state index in [1.165, 1.54) is 13.2 Å². The minimum absolute atomic E-state index is 0.429. The van der Waals surface area contributed by atoms with Gasteiger partial charge in [-0.2, -0.15) is 0 Å². The third-order valence-corrected chi connectivity index (χ3v) is 3.95. The van der Waals surface area contributed by atoms with Crippen molar-refractivity contribution in [3.63, 3.8) is 0 Å². The van der Waals surface area contributed by atoms with E-state index in [1.54, 1.807) is 24.8 Å². The molecule has 1 aliphatic rings. The summed E-state index contributed by atoms with van der Waals surface area (Å²) in [6.45, 7) is 9.07. The van der Waals surface area contributed by atoms with E-state index in [2.05, 4.69) is 4.74 Å². The topological polar surface area (TPSA) is 65.1 Å². The van der Waals surface area contributed by atoms with Crippen LogP contribution in [0, 0.1) is 0 Å². The van der Waals surface area contributed by atoms with Crippen molar-refractivity contribution >= 4 is 12.1 Å². The molecule has 2 atom stereocenters. The van der Waals surface area contributed by atoms with Gasteiger partial charge in [0, 0.05) is 6.08 Å². The summed E-state index contributed by atoms with van der Waals surface area (Å²) in [5.41, 5.74) is -0.647. The lowest BCUT2D eigenvalue weighted by atomic mass is 10.00. The molecule has 26 heavy (non-hydrogen) atoms. The van der Waals surface area contributed by atoms with Crippen LogP contribution < -0.4 is 0 Å². The summed E-state index contributed by atoms with van der Waals surface area (Å²) in [6, 6.07) is 9.12. The second-order valence-corrected chi connectivity index (χ2v) is 7.62. The van der Waals surface area contributed by atoms with Crippen molar-refractivity contribution in [1.29, 1.82) is 0 Å². The smallest absolute Gasteiger partial charge is 0.413 e. The highest BCUT2D eigenvalue weighted by Crippen LogP contribution is 2.43. The zero-order valence-electron chi connectivity index (χ0n) is 16.2. The monoisotopic (exact) mass is 361 g/mol. The van der Waals surface area contributed by atoms with E-state index >= 15 is 0 Å². The van der Waals surface area contributed by atoms with Gasteiger partial charge in [-0.25, -0.2) is 9.59 Å². The summed E-state index contributed by atoms with van der Waals surface area (Å²) >= 11 is 0. The number of esters is 1. The maximum Gasteiger partial charge on any atom is 0.413 e. The van der Waals surface area contributed by atoms with E-state index in [0.717, 1.165) is 5.56 Å². The molecule has 0 aliphatic carbocycles. The Morgan fingerprint density at radius 3 is 2.35 bits per heavy atom. The molecule has 1 fully saturated rings. The van der Waals surface area contributed by atoms with E-state index in [-0.39, 0.29) is 0 Å². The number of hydrogen-bond donors (Lipinski definition) is 0. The highest BCUT2D eigenvalue weighted by molar-refractivity contribution is 5.82. The Labute approximate surface area is 154 Å². The molecule has 1 aromatic carbocycles. The molecule has 1 saturated heterocycles. The number of amides is 1. The minimum Gasteiger partial charge on any atom is -0.466 e. The summed E-state index contributed by atoms with van der Waals surface area (Å²) in [4.78, 5) is 26.0. The van der Waals surface area contributed by atoms with Crippen LogP contribution in [-0.2, 0) is 19.0 Å². The zero-order valence-corrected chi connectivity index (χ0v) is 16.2. The van der Waals surface area contributed by atoms with Gasteiger partial charge in [0.15, 0.2) is 0 Å². The summed E-state index contributed by atoms with van der Waals surface area (Å²) in [5, 5.41) is 0. The standard InChI is InChI=1S/C20H27NO5/c1-19(2,3)26-18(23)21-17(14-10-8-7-9-11-14)15(25-20(21,4)5)12-13-16(22)24-6/h7-13,15,17H,1-6H3/b13-12+/t15-,17-/m0/s1. The van der Waals surface area contributed by atoms with Gasteiger partial charge in [0.25, 0.3) is 0 Å². The van der Waals surface area contributed by atoms with Gasteiger partial charge in [-0.1, -0.05) is 30.3 Å². The van der Waals surface area contributed by atoms with Gasteiger partial charge < -0.3 is 14.2 Å². The van der Waals surface area contributed by atoms with Crippen LogP contribution in [-0.4, -0.2) is 41.5 Å². The second kappa shape index (κ2) is 7.50. The molecule has 6 nitrogen and oxygen atoms in total. The summed E-state index contributed by atoms with van der Waals surface area (Å²) in [7, 11) is 1.31. The predicted molar refractivity (Wildman–Crippen MR) is 97.4 cm³/mol. The van der Waals surface area contributed by atoms with Gasteiger partial charge in [-0.3, -0.25) is 4.90 Å². The quantitative estimate of drug-likeness (QED) is 0.605. The normalized spacial score (nSPS) is 22.5. The number of methoxy groups -OCH3 is 1. The first kappa shape index (κ1) is 20.0. The highest BCUT2D eigenvalue weighted by Gasteiger charge is 2.51. The molecule has 0 radical (unpaired) electrons. The maximum atomic E-state index is 12.9. The number of ether oxygens (including phenoxy) is 3.